The molecule has 1 aliphatic carbocycles. The van der Waals surface area contributed by atoms with E-state index in [4.69, 9.17) is 4.74 Å². The lowest BCUT2D eigenvalue weighted by atomic mass is 9.93. The standard InChI is InChI=1S/C19H24N4O3/c1-3-26-17-10-5-4-7-13(17)19(25)20-12-18(24)22-15-8-6-9-16-14(15)11-21-23(16)2/h4-5,7,10-11,15H,3,6,8-9,12H2,1-2H3,(H,20,25)(H,22,24). The second-order valence-electron chi connectivity index (χ2n) is 6.29. The zero-order valence-corrected chi connectivity index (χ0v) is 15.1. The van der Waals surface area contributed by atoms with Gasteiger partial charge < -0.3 is 15.4 Å². The fourth-order valence-electron chi connectivity index (χ4n) is 3.29. The minimum Gasteiger partial charge on any atom is -0.493 e. The number of nitrogens with one attached hydrogen (secondary N) is 2. The van der Waals surface area contributed by atoms with Crippen molar-refractivity contribution in [1.29, 1.82) is 0 Å². The normalized spacial score (nSPS) is 15.8. The zero-order valence-electron chi connectivity index (χ0n) is 15.1. The Morgan fingerprint density at radius 2 is 2.15 bits per heavy atom. The van der Waals surface area contributed by atoms with E-state index in [1.165, 1.54) is 0 Å². The third kappa shape index (κ3) is 3.87. The van der Waals surface area contributed by atoms with Crippen molar-refractivity contribution in [2.24, 2.45) is 7.05 Å². The van der Waals surface area contributed by atoms with Crippen molar-refractivity contribution < 1.29 is 14.3 Å². The number of fused-ring (bicyclic) bond motifs is 1. The van der Waals surface area contributed by atoms with Crippen molar-refractivity contribution in [1.82, 2.24) is 20.4 Å². The van der Waals surface area contributed by atoms with Crippen LogP contribution in [0.5, 0.6) is 5.75 Å². The Kier molecular flexibility index (Phi) is 5.55. The van der Waals surface area contributed by atoms with Crippen LogP contribution >= 0.6 is 0 Å². The van der Waals surface area contributed by atoms with Crippen LogP contribution in [0, 0.1) is 0 Å². The van der Waals surface area contributed by atoms with E-state index < -0.39 is 0 Å². The summed E-state index contributed by atoms with van der Waals surface area (Å²) in [4.78, 5) is 24.6. The number of benzene rings is 1. The van der Waals surface area contributed by atoms with E-state index >= 15 is 0 Å². The number of nitrogens with zero attached hydrogens (tertiary/aromatic N) is 2. The highest BCUT2D eigenvalue weighted by atomic mass is 16.5. The van der Waals surface area contributed by atoms with Gasteiger partial charge >= 0.3 is 0 Å². The fourth-order valence-corrected chi connectivity index (χ4v) is 3.29. The Hall–Kier alpha value is -2.83. The van der Waals surface area contributed by atoms with E-state index in [0.29, 0.717) is 17.9 Å². The molecular weight excluding hydrogens is 332 g/mol. The molecule has 26 heavy (non-hydrogen) atoms. The van der Waals surface area contributed by atoms with E-state index in [1.807, 2.05) is 30.9 Å². The number of rotatable bonds is 6. The van der Waals surface area contributed by atoms with Gasteiger partial charge in [0.2, 0.25) is 5.91 Å². The summed E-state index contributed by atoms with van der Waals surface area (Å²) in [6.45, 7) is 2.25. The number of amides is 2. The molecule has 0 bridgehead atoms. The Bertz CT molecular complexity index is 800. The van der Waals surface area contributed by atoms with Crippen molar-refractivity contribution in [2.45, 2.75) is 32.2 Å². The molecule has 138 valence electrons. The second-order valence-corrected chi connectivity index (χ2v) is 6.29. The van der Waals surface area contributed by atoms with Crippen LogP contribution in [0.3, 0.4) is 0 Å². The average Bonchev–Trinajstić information content (AvgIpc) is 3.03. The molecule has 1 atom stereocenters. The lowest BCUT2D eigenvalue weighted by molar-refractivity contribution is -0.121. The maximum Gasteiger partial charge on any atom is 0.255 e. The molecule has 0 fully saturated rings. The monoisotopic (exact) mass is 356 g/mol. The van der Waals surface area contributed by atoms with Crippen LogP contribution in [0.25, 0.3) is 0 Å². The highest BCUT2D eigenvalue weighted by Crippen LogP contribution is 2.28. The Morgan fingerprint density at radius 1 is 1.35 bits per heavy atom. The predicted molar refractivity (Wildman–Crippen MR) is 97.0 cm³/mol. The van der Waals surface area contributed by atoms with Crippen molar-refractivity contribution in [3.63, 3.8) is 0 Å². The molecule has 1 aliphatic rings. The number of carbonyl (C=O) groups is 2. The maximum absolute atomic E-state index is 12.4. The summed E-state index contributed by atoms with van der Waals surface area (Å²) >= 11 is 0. The fraction of sp³-hybridized carbons (Fsp3) is 0.421. The third-order valence-electron chi connectivity index (χ3n) is 4.55. The van der Waals surface area contributed by atoms with Gasteiger partial charge in [0.1, 0.15) is 5.75 Å². The topological polar surface area (TPSA) is 85.2 Å². The van der Waals surface area contributed by atoms with E-state index in [2.05, 4.69) is 15.7 Å². The molecule has 2 amide bonds. The minimum atomic E-state index is -0.324. The summed E-state index contributed by atoms with van der Waals surface area (Å²) in [5, 5.41) is 9.94. The number of carbonyl (C=O) groups excluding carboxylic acids is 2. The highest BCUT2D eigenvalue weighted by molar-refractivity contribution is 5.98. The van der Waals surface area contributed by atoms with E-state index in [0.717, 1.165) is 30.5 Å². The molecule has 7 heteroatoms. The molecule has 2 N–H and O–H groups in total. The minimum absolute atomic E-state index is 0.0486. The summed E-state index contributed by atoms with van der Waals surface area (Å²) in [6.07, 6.45) is 4.68. The van der Waals surface area contributed by atoms with Crippen molar-refractivity contribution in [3.05, 3.63) is 47.3 Å². The molecule has 0 saturated heterocycles. The number of aryl methyl sites for hydroxylation is 1. The van der Waals surface area contributed by atoms with Crippen molar-refractivity contribution in [3.8, 4) is 5.75 Å². The van der Waals surface area contributed by atoms with Crippen LogP contribution in [0.1, 0.15) is 47.4 Å². The molecule has 1 unspecified atom stereocenters. The third-order valence-corrected chi connectivity index (χ3v) is 4.55. The van der Waals surface area contributed by atoms with Gasteiger partial charge in [-0.25, -0.2) is 0 Å². The number of para-hydroxylation sites is 1. The summed E-state index contributed by atoms with van der Waals surface area (Å²) in [5.74, 6) is -0.0240. The molecule has 1 aromatic carbocycles. The van der Waals surface area contributed by atoms with Crippen LogP contribution in [0.2, 0.25) is 0 Å². The molecule has 0 spiro atoms. The number of aromatic nitrogens is 2. The first kappa shape index (κ1) is 18.0. The van der Waals surface area contributed by atoms with E-state index in [-0.39, 0.29) is 24.4 Å². The molecule has 7 nitrogen and oxygen atoms in total. The van der Waals surface area contributed by atoms with Crippen LogP contribution < -0.4 is 15.4 Å². The maximum atomic E-state index is 12.4. The van der Waals surface area contributed by atoms with Crippen LogP contribution in [-0.4, -0.2) is 34.7 Å². The van der Waals surface area contributed by atoms with Gasteiger partial charge in [-0.15, -0.1) is 0 Å². The lowest BCUT2D eigenvalue weighted by Crippen LogP contribution is -2.39. The number of hydrogen-bond donors (Lipinski definition) is 2. The van der Waals surface area contributed by atoms with Crippen molar-refractivity contribution in [2.75, 3.05) is 13.2 Å². The van der Waals surface area contributed by atoms with Crippen LogP contribution in [0.4, 0.5) is 0 Å². The number of hydrogen-bond acceptors (Lipinski definition) is 4. The summed E-state index contributed by atoms with van der Waals surface area (Å²) < 4.78 is 7.32. The lowest BCUT2D eigenvalue weighted by Gasteiger charge is -2.23. The largest absolute Gasteiger partial charge is 0.493 e. The first-order valence-corrected chi connectivity index (χ1v) is 8.90. The molecule has 0 aliphatic heterocycles. The molecule has 1 aromatic heterocycles. The zero-order chi connectivity index (χ0) is 18.5. The van der Waals surface area contributed by atoms with Gasteiger partial charge in [0.25, 0.3) is 5.91 Å². The summed E-state index contributed by atoms with van der Waals surface area (Å²) in [5.41, 5.74) is 2.66. The number of ether oxygens (including phenoxy) is 1. The van der Waals surface area contributed by atoms with Crippen molar-refractivity contribution >= 4 is 11.8 Å². The highest BCUT2D eigenvalue weighted by Gasteiger charge is 2.24. The Morgan fingerprint density at radius 3 is 2.96 bits per heavy atom. The second kappa shape index (κ2) is 8.03. The van der Waals surface area contributed by atoms with Gasteiger partial charge in [0, 0.05) is 18.3 Å². The molecular formula is C19H24N4O3. The van der Waals surface area contributed by atoms with Gasteiger partial charge in [0.05, 0.1) is 31.0 Å². The summed E-state index contributed by atoms with van der Waals surface area (Å²) in [6, 6.07) is 6.95. The van der Waals surface area contributed by atoms with Gasteiger partial charge in [-0.05, 0) is 38.3 Å². The first-order chi connectivity index (χ1) is 12.6. The molecule has 1 heterocycles. The Labute approximate surface area is 152 Å². The molecule has 0 saturated carbocycles. The molecule has 3 rings (SSSR count). The van der Waals surface area contributed by atoms with Crippen LogP contribution in [-0.2, 0) is 18.3 Å². The van der Waals surface area contributed by atoms with Gasteiger partial charge in [-0.1, -0.05) is 12.1 Å². The Balaban J connectivity index is 1.57. The summed E-state index contributed by atoms with van der Waals surface area (Å²) in [7, 11) is 1.92. The quantitative estimate of drug-likeness (QED) is 0.826. The molecule has 2 aromatic rings. The SMILES string of the molecule is CCOc1ccccc1C(=O)NCC(=O)NC1CCCc2c1cnn2C. The van der Waals surface area contributed by atoms with E-state index in [9.17, 15) is 9.59 Å². The van der Waals surface area contributed by atoms with Crippen LogP contribution in [0.15, 0.2) is 30.5 Å². The molecule has 0 radical (unpaired) electrons. The predicted octanol–water partition coefficient (Wildman–Crippen LogP) is 1.74. The van der Waals surface area contributed by atoms with Gasteiger partial charge in [0.15, 0.2) is 0 Å². The first-order valence-electron chi connectivity index (χ1n) is 8.90. The average molecular weight is 356 g/mol. The smallest absolute Gasteiger partial charge is 0.255 e. The van der Waals surface area contributed by atoms with E-state index in [1.54, 1.807) is 18.2 Å². The van der Waals surface area contributed by atoms with Gasteiger partial charge in [-0.2, -0.15) is 5.10 Å². The van der Waals surface area contributed by atoms with Gasteiger partial charge in [-0.3, -0.25) is 14.3 Å².